The van der Waals surface area contributed by atoms with Gasteiger partial charge in [0.05, 0.1) is 32.5 Å². The topological polar surface area (TPSA) is 82.2 Å². The summed E-state index contributed by atoms with van der Waals surface area (Å²) >= 11 is 1.49. The Kier molecular flexibility index (Phi) is 3.44. The molecule has 7 nitrogen and oxygen atoms in total. The van der Waals surface area contributed by atoms with Crippen LogP contribution in [0.3, 0.4) is 0 Å². The molecule has 1 N–H and O–H groups in total. The first-order chi connectivity index (χ1) is 12.6. The van der Waals surface area contributed by atoms with Crippen molar-refractivity contribution in [2.75, 3.05) is 20.1 Å². The maximum atomic E-state index is 12.9. The zero-order valence-corrected chi connectivity index (χ0v) is 15.0. The molecule has 5 rings (SSSR count). The number of nitrogens with one attached hydrogen (secondary N) is 1. The average Bonchev–Trinajstić information content (AvgIpc) is 3.34. The Morgan fingerprint density at radius 1 is 1.15 bits per heavy atom. The van der Waals surface area contributed by atoms with Crippen LogP contribution in [0.15, 0.2) is 23.8 Å². The zero-order valence-electron chi connectivity index (χ0n) is 14.2. The number of H-pyrrole nitrogens is 1. The Labute approximate surface area is 153 Å². The van der Waals surface area contributed by atoms with Gasteiger partial charge in [-0.1, -0.05) is 0 Å². The number of aromatic amines is 1. The number of imidazole rings is 1. The molecule has 1 aromatic carbocycles. The van der Waals surface area contributed by atoms with Gasteiger partial charge in [0, 0.05) is 12.2 Å². The van der Waals surface area contributed by atoms with E-state index < -0.39 is 0 Å². The summed E-state index contributed by atoms with van der Waals surface area (Å²) in [4.78, 5) is 42.3. The van der Waals surface area contributed by atoms with Crippen molar-refractivity contribution in [2.24, 2.45) is 0 Å². The second-order valence-electron chi connectivity index (χ2n) is 6.88. The molecule has 3 aromatic rings. The van der Waals surface area contributed by atoms with Crippen LogP contribution in [0, 0.1) is 0 Å². The molecule has 0 atom stereocenters. The lowest BCUT2D eigenvalue weighted by atomic mass is 10.0. The summed E-state index contributed by atoms with van der Waals surface area (Å²) in [5.41, 5.74) is 4.14. The molecule has 2 amide bonds. The first kappa shape index (κ1) is 15.7. The number of aromatic nitrogens is 3. The fourth-order valence-electron chi connectivity index (χ4n) is 3.80. The van der Waals surface area contributed by atoms with Gasteiger partial charge >= 0.3 is 0 Å². The van der Waals surface area contributed by atoms with Crippen LogP contribution in [-0.4, -0.2) is 62.7 Å². The predicted octanol–water partition coefficient (Wildman–Crippen LogP) is 2.38. The van der Waals surface area contributed by atoms with Crippen molar-refractivity contribution in [2.45, 2.75) is 18.9 Å². The van der Waals surface area contributed by atoms with Gasteiger partial charge in [0.2, 0.25) is 0 Å². The summed E-state index contributed by atoms with van der Waals surface area (Å²) in [6.07, 6.45) is 3.40. The highest BCUT2D eigenvalue weighted by Crippen LogP contribution is 2.32. The fraction of sp³-hybridized carbons (Fsp3) is 0.333. The van der Waals surface area contributed by atoms with Crippen LogP contribution in [-0.2, 0) is 0 Å². The van der Waals surface area contributed by atoms with Crippen LogP contribution in [0.4, 0.5) is 0 Å². The van der Waals surface area contributed by atoms with Gasteiger partial charge in [-0.15, -0.1) is 11.3 Å². The van der Waals surface area contributed by atoms with E-state index >= 15 is 0 Å². The second kappa shape index (κ2) is 5.72. The highest BCUT2D eigenvalue weighted by atomic mass is 32.1. The summed E-state index contributed by atoms with van der Waals surface area (Å²) in [6.45, 7) is 1.80. The minimum absolute atomic E-state index is 0.0161. The highest BCUT2D eigenvalue weighted by Gasteiger charge is 2.41. The minimum atomic E-state index is -0.191. The Morgan fingerprint density at radius 2 is 1.88 bits per heavy atom. The summed E-state index contributed by atoms with van der Waals surface area (Å²) < 4.78 is 0. The van der Waals surface area contributed by atoms with E-state index in [1.165, 1.54) is 16.2 Å². The lowest BCUT2D eigenvalue weighted by Crippen LogP contribution is -2.46. The number of carbonyl (C=O) groups excluding carboxylic acids is 2. The molecule has 0 unspecified atom stereocenters. The summed E-state index contributed by atoms with van der Waals surface area (Å²) in [5, 5.41) is 0. The number of likely N-dealkylation sites (tertiary alicyclic amines) is 1. The van der Waals surface area contributed by atoms with Crippen LogP contribution < -0.4 is 0 Å². The molecule has 4 heterocycles. The van der Waals surface area contributed by atoms with Crippen LogP contribution in [0.2, 0.25) is 0 Å². The molecule has 0 radical (unpaired) electrons. The molecule has 1 saturated heterocycles. The van der Waals surface area contributed by atoms with Crippen molar-refractivity contribution in [1.29, 1.82) is 0 Å². The molecule has 1 fully saturated rings. The van der Waals surface area contributed by atoms with E-state index in [2.05, 4.69) is 26.9 Å². The molecule has 0 saturated carbocycles. The quantitative estimate of drug-likeness (QED) is 0.703. The molecule has 2 aliphatic rings. The van der Waals surface area contributed by atoms with E-state index in [9.17, 15) is 9.59 Å². The van der Waals surface area contributed by atoms with Gasteiger partial charge < -0.3 is 9.88 Å². The third-order valence-corrected chi connectivity index (χ3v) is 6.02. The fourth-order valence-corrected chi connectivity index (χ4v) is 4.36. The number of nitrogens with zero attached hydrogens (tertiary/aromatic N) is 4. The van der Waals surface area contributed by atoms with E-state index in [4.69, 9.17) is 0 Å². The average molecular weight is 367 g/mol. The number of hydrogen-bond acceptors (Lipinski definition) is 6. The number of hydrogen-bond donors (Lipinski definition) is 1. The van der Waals surface area contributed by atoms with E-state index in [1.54, 1.807) is 23.8 Å². The Morgan fingerprint density at radius 3 is 2.58 bits per heavy atom. The van der Waals surface area contributed by atoms with Gasteiger partial charge in [-0.2, -0.15) is 0 Å². The molecule has 132 valence electrons. The Bertz CT molecular complexity index is 965. The number of imide groups is 1. The maximum absolute atomic E-state index is 12.9. The van der Waals surface area contributed by atoms with Crippen molar-refractivity contribution in [3.63, 3.8) is 0 Å². The monoisotopic (exact) mass is 367 g/mol. The van der Waals surface area contributed by atoms with Gasteiger partial charge in [0.1, 0.15) is 5.82 Å². The third kappa shape index (κ3) is 2.29. The van der Waals surface area contributed by atoms with E-state index in [0.29, 0.717) is 22.5 Å². The predicted molar refractivity (Wildman–Crippen MR) is 98.2 cm³/mol. The first-order valence-electron chi connectivity index (χ1n) is 8.61. The molecule has 0 aliphatic carbocycles. The van der Waals surface area contributed by atoms with E-state index in [-0.39, 0.29) is 17.9 Å². The molecular weight excluding hydrogens is 350 g/mol. The molecule has 2 aromatic heterocycles. The van der Waals surface area contributed by atoms with Crippen LogP contribution in [0.1, 0.15) is 33.6 Å². The first-order valence-corrected chi connectivity index (χ1v) is 9.49. The van der Waals surface area contributed by atoms with Crippen molar-refractivity contribution in [3.05, 3.63) is 35.0 Å². The van der Waals surface area contributed by atoms with Crippen molar-refractivity contribution >= 4 is 34.2 Å². The lowest BCUT2D eigenvalue weighted by molar-refractivity contribution is 0.0516. The van der Waals surface area contributed by atoms with Crippen LogP contribution in [0.25, 0.3) is 21.7 Å². The number of amides is 2. The second-order valence-corrected chi connectivity index (χ2v) is 7.77. The standard InChI is InChI=1S/C18H17N5O2S/c1-22-4-2-10(3-5-22)23-17(24)11-6-13-14(7-12(11)18(23)25)21-16(20-13)15-8-19-9-26-15/h6-10H,2-5H2,1H3,(H,20,21). The third-order valence-electron chi connectivity index (χ3n) is 5.24. The number of carbonyl (C=O) groups is 2. The largest absolute Gasteiger partial charge is 0.337 e. The van der Waals surface area contributed by atoms with E-state index in [0.717, 1.165) is 36.3 Å². The van der Waals surface area contributed by atoms with Gasteiger partial charge in [0.25, 0.3) is 11.8 Å². The van der Waals surface area contributed by atoms with Gasteiger partial charge in [-0.3, -0.25) is 19.5 Å². The molecular formula is C18H17N5O2S. The van der Waals surface area contributed by atoms with Crippen LogP contribution in [0.5, 0.6) is 0 Å². The molecule has 2 aliphatic heterocycles. The number of piperidine rings is 1. The summed E-state index contributed by atoms with van der Waals surface area (Å²) in [5.74, 6) is 0.331. The number of fused-ring (bicyclic) bond motifs is 2. The minimum Gasteiger partial charge on any atom is -0.337 e. The zero-order chi connectivity index (χ0) is 17.8. The van der Waals surface area contributed by atoms with Crippen molar-refractivity contribution < 1.29 is 9.59 Å². The number of thiazole rings is 1. The number of benzene rings is 1. The van der Waals surface area contributed by atoms with Gasteiger partial charge in [-0.05, 0) is 45.1 Å². The SMILES string of the molecule is CN1CCC(N2C(=O)c3cc4nc(-c5cncs5)[nH]c4cc3C2=O)CC1. The Hall–Kier alpha value is -2.58. The lowest BCUT2D eigenvalue weighted by Gasteiger charge is -2.33. The normalized spacial score (nSPS) is 18.9. The van der Waals surface area contributed by atoms with Gasteiger partial charge in [0.15, 0.2) is 0 Å². The summed E-state index contributed by atoms with van der Waals surface area (Å²) in [7, 11) is 2.06. The van der Waals surface area contributed by atoms with Crippen LogP contribution >= 0.6 is 11.3 Å². The molecule has 0 bridgehead atoms. The Balaban J connectivity index is 1.52. The van der Waals surface area contributed by atoms with Crippen molar-refractivity contribution in [1.82, 2.24) is 24.8 Å². The van der Waals surface area contributed by atoms with Crippen molar-refractivity contribution in [3.8, 4) is 10.7 Å². The summed E-state index contributed by atoms with van der Waals surface area (Å²) in [6, 6.07) is 3.48. The van der Waals surface area contributed by atoms with Gasteiger partial charge in [-0.25, -0.2) is 4.98 Å². The molecule has 0 spiro atoms. The molecule has 8 heteroatoms. The molecule has 26 heavy (non-hydrogen) atoms. The smallest absolute Gasteiger partial charge is 0.261 e. The maximum Gasteiger partial charge on any atom is 0.261 e. The van der Waals surface area contributed by atoms with E-state index in [1.807, 2.05) is 0 Å². The highest BCUT2D eigenvalue weighted by molar-refractivity contribution is 7.13. The number of rotatable bonds is 2.